The van der Waals surface area contributed by atoms with E-state index in [0.717, 1.165) is 10.4 Å². The topological polar surface area (TPSA) is 87.1 Å². The highest BCUT2D eigenvalue weighted by molar-refractivity contribution is 7.10. The van der Waals surface area contributed by atoms with Gasteiger partial charge in [0.1, 0.15) is 0 Å². The van der Waals surface area contributed by atoms with Gasteiger partial charge in [0.15, 0.2) is 11.5 Å². The summed E-state index contributed by atoms with van der Waals surface area (Å²) in [7, 11) is 0. The van der Waals surface area contributed by atoms with Crippen LogP contribution < -0.4 is 0 Å². The van der Waals surface area contributed by atoms with Crippen LogP contribution in [-0.2, 0) is 14.3 Å². The maximum atomic E-state index is 12.9. The van der Waals surface area contributed by atoms with Crippen molar-refractivity contribution in [3.8, 4) is 0 Å². The summed E-state index contributed by atoms with van der Waals surface area (Å²) >= 11 is 1.41. The first-order valence-electron chi connectivity index (χ1n) is 8.87. The van der Waals surface area contributed by atoms with E-state index in [1.54, 1.807) is 6.08 Å². The number of hydrogen-bond acceptors (Lipinski definition) is 6. The molecule has 1 aromatic carbocycles. The summed E-state index contributed by atoms with van der Waals surface area (Å²) in [6.07, 6.45) is 3.03. The summed E-state index contributed by atoms with van der Waals surface area (Å²) in [5, 5.41) is 21.1. The van der Waals surface area contributed by atoms with Crippen molar-refractivity contribution in [2.24, 2.45) is 0 Å². The van der Waals surface area contributed by atoms with Crippen molar-refractivity contribution in [2.45, 2.75) is 6.04 Å². The zero-order valence-electron chi connectivity index (χ0n) is 15.2. The minimum absolute atomic E-state index is 0.0711. The molecule has 0 fully saturated rings. The number of carbonyl (C=O) groups is 2. The second-order valence-electron chi connectivity index (χ2n) is 6.12. The number of rotatable bonds is 9. The Morgan fingerprint density at radius 3 is 2.64 bits per heavy atom. The molecule has 1 atom stereocenters. The Bertz CT molecular complexity index is 873. The minimum Gasteiger partial charge on any atom is -0.503 e. The Morgan fingerprint density at radius 2 is 1.96 bits per heavy atom. The quantitative estimate of drug-likeness (QED) is 0.500. The number of nitrogens with zero attached hydrogens (tertiary/aromatic N) is 1. The number of hydrogen-bond donors (Lipinski definition) is 2. The van der Waals surface area contributed by atoms with Crippen molar-refractivity contribution in [2.75, 3.05) is 26.4 Å². The summed E-state index contributed by atoms with van der Waals surface area (Å²) in [5.41, 5.74) is 0.920. The molecule has 1 aliphatic rings. The molecule has 0 aliphatic carbocycles. The van der Waals surface area contributed by atoms with Crippen LogP contribution in [0.3, 0.4) is 0 Å². The summed E-state index contributed by atoms with van der Waals surface area (Å²) in [6.45, 7) is 0.448. The van der Waals surface area contributed by atoms with Crippen molar-refractivity contribution in [3.05, 3.63) is 75.7 Å². The number of ketones is 1. The lowest BCUT2D eigenvalue weighted by Gasteiger charge is -2.25. The molecular formula is C21H21NO5S. The number of benzene rings is 1. The summed E-state index contributed by atoms with van der Waals surface area (Å²) in [6, 6.07) is 12.3. The van der Waals surface area contributed by atoms with Gasteiger partial charge in [0, 0.05) is 11.4 Å². The van der Waals surface area contributed by atoms with E-state index in [9.17, 15) is 14.7 Å². The van der Waals surface area contributed by atoms with Crippen molar-refractivity contribution < 1.29 is 24.5 Å². The van der Waals surface area contributed by atoms with E-state index in [2.05, 4.69) is 0 Å². The minimum atomic E-state index is -0.654. The smallest absolute Gasteiger partial charge is 0.290 e. The van der Waals surface area contributed by atoms with Gasteiger partial charge in [0.05, 0.1) is 31.4 Å². The molecule has 2 aromatic rings. The third kappa shape index (κ3) is 4.39. The molecule has 1 aromatic heterocycles. The van der Waals surface area contributed by atoms with E-state index < -0.39 is 23.5 Å². The third-order valence-electron chi connectivity index (χ3n) is 4.32. The number of thiophene rings is 1. The number of aliphatic hydroxyl groups is 2. The van der Waals surface area contributed by atoms with Gasteiger partial charge >= 0.3 is 0 Å². The molecule has 146 valence electrons. The fourth-order valence-electron chi connectivity index (χ4n) is 3.03. The first-order valence-corrected chi connectivity index (χ1v) is 9.75. The summed E-state index contributed by atoms with van der Waals surface area (Å²) < 4.78 is 5.26. The van der Waals surface area contributed by atoms with Gasteiger partial charge in [-0.2, -0.15) is 0 Å². The predicted molar refractivity (Wildman–Crippen MR) is 107 cm³/mol. The maximum Gasteiger partial charge on any atom is 0.290 e. The fraction of sp³-hybridized carbons (Fsp3) is 0.238. The van der Waals surface area contributed by atoms with E-state index in [4.69, 9.17) is 9.84 Å². The van der Waals surface area contributed by atoms with Gasteiger partial charge in [0.2, 0.25) is 0 Å². The van der Waals surface area contributed by atoms with E-state index in [1.165, 1.54) is 22.3 Å². The van der Waals surface area contributed by atoms with Crippen molar-refractivity contribution in [3.63, 3.8) is 0 Å². The van der Waals surface area contributed by atoms with Crippen LogP contribution in [0.25, 0.3) is 6.08 Å². The standard InChI is InChI=1S/C21H21NO5S/c23-11-13-27-12-10-22-19(17-7-4-14-28-17)18(20(25)21(22)26)16(24)9-8-15-5-2-1-3-6-15/h1-9,14,19,23,25H,10-13H2/b9-8+. The maximum absolute atomic E-state index is 12.9. The molecule has 0 saturated heterocycles. The van der Waals surface area contributed by atoms with Crippen molar-refractivity contribution in [1.82, 2.24) is 4.90 Å². The second-order valence-corrected chi connectivity index (χ2v) is 7.10. The van der Waals surface area contributed by atoms with Crippen LogP contribution in [0.15, 0.2) is 65.3 Å². The Labute approximate surface area is 167 Å². The van der Waals surface area contributed by atoms with Crippen LogP contribution in [0.4, 0.5) is 0 Å². The van der Waals surface area contributed by atoms with E-state index in [0.29, 0.717) is 0 Å². The van der Waals surface area contributed by atoms with E-state index >= 15 is 0 Å². The Kier molecular flexibility index (Phi) is 6.76. The predicted octanol–water partition coefficient (Wildman–Crippen LogP) is 2.73. The Balaban J connectivity index is 1.85. The number of carbonyl (C=O) groups excluding carboxylic acids is 2. The molecule has 3 rings (SSSR count). The molecule has 0 radical (unpaired) electrons. The SMILES string of the molecule is O=C(/C=C/c1ccccc1)C1=C(O)C(=O)N(CCOCCO)C1c1cccs1. The molecular weight excluding hydrogens is 378 g/mol. The van der Waals surface area contributed by atoms with E-state index in [1.807, 2.05) is 47.8 Å². The average Bonchev–Trinajstić information content (AvgIpc) is 3.32. The highest BCUT2D eigenvalue weighted by atomic mass is 32.1. The molecule has 6 nitrogen and oxygen atoms in total. The zero-order valence-corrected chi connectivity index (χ0v) is 16.0. The third-order valence-corrected chi connectivity index (χ3v) is 5.25. The number of amides is 1. The number of aliphatic hydroxyl groups excluding tert-OH is 2. The average molecular weight is 399 g/mol. The first-order chi connectivity index (χ1) is 13.6. The van der Waals surface area contributed by atoms with Crippen LogP contribution >= 0.6 is 11.3 Å². The molecule has 28 heavy (non-hydrogen) atoms. The molecule has 0 saturated carbocycles. The molecule has 1 amide bonds. The molecule has 1 aliphatic heterocycles. The monoisotopic (exact) mass is 399 g/mol. The second kappa shape index (κ2) is 9.45. The largest absolute Gasteiger partial charge is 0.503 e. The number of ether oxygens (including phenoxy) is 1. The van der Waals surface area contributed by atoms with Gasteiger partial charge in [-0.1, -0.05) is 42.5 Å². The Morgan fingerprint density at radius 1 is 1.18 bits per heavy atom. The fourth-order valence-corrected chi connectivity index (χ4v) is 3.88. The van der Waals surface area contributed by atoms with E-state index in [-0.39, 0.29) is 31.9 Å². The lowest BCUT2D eigenvalue weighted by atomic mass is 10.0. The van der Waals surface area contributed by atoms with Crippen molar-refractivity contribution >= 4 is 29.1 Å². The summed E-state index contributed by atoms with van der Waals surface area (Å²) in [4.78, 5) is 27.7. The molecule has 0 spiro atoms. The molecule has 2 N–H and O–H groups in total. The van der Waals surface area contributed by atoms with Gasteiger partial charge in [-0.3, -0.25) is 9.59 Å². The van der Waals surface area contributed by atoms with Gasteiger partial charge in [-0.05, 0) is 23.1 Å². The van der Waals surface area contributed by atoms with Gasteiger partial charge in [-0.25, -0.2) is 0 Å². The zero-order chi connectivity index (χ0) is 19.9. The molecule has 1 unspecified atom stereocenters. The van der Waals surface area contributed by atoms with Gasteiger partial charge in [-0.15, -0.1) is 11.3 Å². The molecule has 2 heterocycles. The Hall–Kier alpha value is -2.74. The van der Waals surface area contributed by atoms with Crippen LogP contribution in [-0.4, -0.2) is 53.2 Å². The summed E-state index contributed by atoms with van der Waals surface area (Å²) in [5.74, 6) is -1.53. The normalized spacial score (nSPS) is 17.1. The van der Waals surface area contributed by atoms with Crippen LogP contribution in [0.5, 0.6) is 0 Å². The first kappa shape index (κ1) is 20.0. The molecule has 0 bridgehead atoms. The van der Waals surface area contributed by atoms with Crippen LogP contribution in [0.2, 0.25) is 0 Å². The van der Waals surface area contributed by atoms with Gasteiger partial charge in [0.25, 0.3) is 5.91 Å². The lowest BCUT2D eigenvalue weighted by Crippen LogP contribution is -2.33. The van der Waals surface area contributed by atoms with Crippen LogP contribution in [0, 0.1) is 0 Å². The highest BCUT2D eigenvalue weighted by Crippen LogP contribution is 2.39. The van der Waals surface area contributed by atoms with Gasteiger partial charge < -0.3 is 19.8 Å². The number of allylic oxidation sites excluding steroid dienone is 1. The molecule has 7 heteroatoms. The van der Waals surface area contributed by atoms with Crippen molar-refractivity contribution in [1.29, 1.82) is 0 Å². The highest BCUT2D eigenvalue weighted by Gasteiger charge is 2.43. The lowest BCUT2D eigenvalue weighted by molar-refractivity contribution is -0.130. The van der Waals surface area contributed by atoms with Crippen LogP contribution in [0.1, 0.15) is 16.5 Å².